The lowest BCUT2D eigenvalue weighted by atomic mass is 10.1. The van der Waals surface area contributed by atoms with Crippen LogP contribution in [0.5, 0.6) is 5.75 Å². The van der Waals surface area contributed by atoms with E-state index in [2.05, 4.69) is 20.6 Å². The van der Waals surface area contributed by atoms with E-state index in [1.807, 2.05) is 58.0 Å². The van der Waals surface area contributed by atoms with Gasteiger partial charge in [-0.2, -0.15) is 10.2 Å². The third-order valence-corrected chi connectivity index (χ3v) is 4.14. The third kappa shape index (κ3) is 4.28. The molecule has 0 aliphatic rings. The number of anilines is 2. The average molecular weight is 370 g/mol. The normalized spacial score (nSPS) is 11.5. The Hall–Kier alpha value is -2.87. The second-order valence-electron chi connectivity index (χ2n) is 7.11. The highest BCUT2D eigenvalue weighted by atomic mass is 16.5. The number of aromatic amines is 1. The largest absolute Gasteiger partial charge is 0.492 e. The maximum absolute atomic E-state index is 12.9. The number of hydrogen-bond donors (Lipinski definition) is 2. The number of likely N-dealkylation sites (N-methyl/N-ethyl adjacent to an activating group) is 1. The first-order valence-corrected chi connectivity index (χ1v) is 8.98. The van der Waals surface area contributed by atoms with Gasteiger partial charge in [0.05, 0.1) is 11.4 Å². The SMILES string of the molecule is Cc1cc(Nc2nn(C(C)C)c(=O)c3cc(OCCN(C)C)ccc23)n[nH]1. The molecule has 2 aromatic heterocycles. The Bertz CT molecular complexity index is 990. The van der Waals surface area contributed by atoms with Crippen LogP contribution in [0.25, 0.3) is 10.8 Å². The van der Waals surface area contributed by atoms with Crippen LogP contribution in [0.3, 0.4) is 0 Å². The number of fused-ring (bicyclic) bond motifs is 1. The van der Waals surface area contributed by atoms with Crippen molar-refractivity contribution in [1.82, 2.24) is 24.9 Å². The molecular formula is C19H26N6O2. The first kappa shape index (κ1) is 18.9. The standard InChI is InChI=1S/C19H26N6O2/c1-12(2)25-19(26)16-11-14(27-9-8-24(4)5)6-7-15(16)18(23-25)20-17-10-13(3)21-22-17/h6-7,10-12H,8-9H2,1-5H3,(H2,20,21,22,23). The lowest BCUT2D eigenvalue weighted by Gasteiger charge is -2.15. The minimum Gasteiger partial charge on any atom is -0.492 e. The maximum Gasteiger partial charge on any atom is 0.275 e. The molecule has 0 saturated carbocycles. The predicted octanol–water partition coefficient (Wildman–Crippen LogP) is 2.69. The fourth-order valence-electron chi connectivity index (χ4n) is 2.72. The summed E-state index contributed by atoms with van der Waals surface area (Å²) in [7, 11) is 3.98. The van der Waals surface area contributed by atoms with Crippen molar-refractivity contribution in [2.45, 2.75) is 26.8 Å². The maximum atomic E-state index is 12.9. The number of benzene rings is 1. The van der Waals surface area contributed by atoms with Crippen molar-refractivity contribution in [2.24, 2.45) is 0 Å². The molecule has 3 aromatic rings. The molecule has 0 amide bonds. The fraction of sp³-hybridized carbons (Fsp3) is 0.421. The van der Waals surface area contributed by atoms with E-state index in [-0.39, 0.29) is 11.6 Å². The molecule has 0 aliphatic heterocycles. The number of ether oxygens (including phenoxy) is 1. The van der Waals surface area contributed by atoms with Crippen molar-refractivity contribution in [2.75, 3.05) is 32.6 Å². The van der Waals surface area contributed by atoms with Crippen LogP contribution in [0.4, 0.5) is 11.6 Å². The van der Waals surface area contributed by atoms with Gasteiger partial charge < -0.3 is 15.0 Å². The highest BCUT2D eigenvalue weighted by molar-refractivity contribution is 5.93. The molecule has 0 unspecified atom stereocenters. The van der Waals surface area contributed by atoms with Gasteiger partial charge in [-0.25, -0.2) is 4.68 Å². The molecule has 0 spiro atoms. The van der Waals surface area contributed by atoms with E-state index in [4.69, 9.17) is 4.74 Å². The van der Waals surface area contributed by atoms with E-state index in [9.17, 15) is 4.79 Å². The van der Waals surface area contributed by atoms with E-state index < -0.39 is 0 Å². The summed E-state index contributed by atoms with van der Waals surface area (Å²) in [6.45, 7) is 7.14. The second-order valence-corrected chi connectivity index (χ2v) is 7.11. The first-order valence-electron chi connectivity index (χ1n) is 8.98. The van der Waals surface area contributed by atoms with Crippen LogP contribution in [0.2, 0.25) is 0 Å². The molecule has 0 aliphatic carbocycles. The topological polar surface area (TPSA) is 88.1 Å². The quantitative estimate of drug-likeness (QED) is 0.665. The number of aromatic nitrogens is 4. The zero-order chi connectivity index (χ0) is 19.6. The Kier molecular flexibility index (Phi) is 5.46. The minimum absolute atomic E-state index is 0.0679. The van der Waals surface area contributed by atoms with Gasteiger partial charge >= 0.3 is 0 Å². The Labute approximate surface area is 158 Å². The summed E-state index contributed by atoms with van der Waals surface area (Å²) >= 11 is 0. The number of aryl methyl sites for hydroxylation is 1. The average Bonchev–Trinajstić information content (AvgIpc) is 3.01. The molecule has 0 fully saturated rings. The molecule has 0 saturated heterocycles. The van der Waals surface area contributed by atoms with Gasteiger partial charge in [0.1, 0.15) is 12.4 Å². The van der Waals surface area contributed by atoms with Gasteiger partial charge in [-0.15, -0.1) is 0 Å². The number of H-pyrrole nitrogens is 1. The first-order chi connectivity index (χ1) is 12.8. The van der Waals surface area contributed by atoms with E-state index in [1.54, 1.807) is 6.07 Å². The van der Waals surface area contributed by atoms with Crippen LogP contribution >= 0.6 is 0 Å². The molecule has 2 N–H and O–H groups in total. The van der Waals surface area contributed by atoms with Crippen LogP contribution in [0.15, 0.2) is 29.1 Å². The summed E-state index contributed by atoms with van der Waals surface area (Å²) in [5.41, 5.74) is 0.803. The van der Waals surface area contributed by atoms with Crippen LogP contribution in [0, 0.1) is 6.92 Å². The van der Waals surface area contributed by atoms with Gasteiger partial charge in [-0.3, -0.25) is 9.89 Å². The van der Waals surface area contributed by atoms with Gasteiger partial charge in [-0.1, -0.05) is 0 Å². The summed E-state index contributed by atoms with van der Waals surface area (Å²) < 4.78 is 7.27. The van der Waals surface area contributed by atoms with E-state index in [0.717, 1.165) is 17.6 Å². The Morgan fingerprint density at radius 1 is 1.26 bits per heavy atom. The lowest BCUT2D eigenvalue weighted by Crippen LogP contribution is -2.26. The molecule has 8 nitrogen and oxygen atoms in total. The summed E-state index contributed by atoms with van der Waals surface area (Å²) in [4.78, 5) is 14.9. The summed E-state index contributed by atoms with van der Waals surface area (Å²) in [5.74, 6) is 1.91. The van der Waals surface area contributed by atoms with Crippen LogP contribution in [0.1, 0.15) is 25.6 Å². The fourth-order valence-corrected chi connectivity index (χ4v) is 2.72. The molecule has 0 atom stereocenters. The zero-order valence-corrected chi connectivity index (χ0v) is 16.4. The number of rotatable bonds is 7. The molecule has 8 heteroatoms. The Morgan fingerprint density at radius 2 is 2.04 bits per heavy atom. The molecule has 3 rings (SSSR count). The third-order valence-electron chi connectivity index (χ3n) is 4.14. The van der Waals surface area contributed by atoms with Gasteiger partial charge in [0.25, 0.3) is 5.56 Å². The molecule has 27 heavy (non-hydrogen) atoms. The number of hydrogen-bond acceptors (Lipinski definition) is 6. The smallest absolute Gasteiger partial charge is 0.275 e. The highest BCUT2D eigenvalue weighted by Gasteiger charge is 2.14. The van der Waals surface area contributed by atoms with Crippen molar-refractivity contribution in [3.63, 3.8) is 0 Å². The Balaban J connectivity index is 2.03. The Morgan fingerprint density at radius 3 is 2.67 bits per heavy atom. The molecule has 0 radical (unpaired) electrons. The van der Waals surface area contributed by atoms with Crippen molar-refractivity contribution in [1.29, 1.82) is 0 Å². The molecule has 1 aromatic carbocycles. The lowest BCUT2D eigenvalue weighted by molar-refractivity contribution is 0.261. The number of nitrogens with one attached hydrogen (secondary N) is 2. The van der Waals surface area contributed by atoms with Gasteiger partial charge in [-0.05, 0) is 53.1 Å². The van der Waals surface area contributed by atoms with E-state index in [1.165, 1.54) is 4.68 Å². The van der Waals surface area contributed by atoms with Crippen molar-refractivity contribution in [3.05, 3.63) is 40.3 Å². The second kappa shape index (κ2) is 7.79. The summed E-state index contributed by atoms with van der Waals surface area (Å²) in [5, 5.41) is 16.1. The van der Waals surface area contributed by atoms with Crippen molar-refractivity contribution < 1.29 is 4.74 Å². The molecular weight excluding hydrogens is 344 g/mol. The van der Waals surface area contributed by atoms with E-state index in [0.29, 0.717) is 29.4 Å². The zero-order valence-electron chi connectivity index (χ0n) is 16.4. The van der Waals surface area contributed by atoms with Crippen LogP contribution in [-0.2, 0) is 0 Å². The molecule has 2 heterocycles. The van der Waals surface area contributed by atoms with Gasteiger partial charge in [0, 0.05) is 23.7 Å². The van der Waals surface area contributed by atoms with Gasteiger partial charge in [0.15, 0.2) is 11.6 Å². The van der Waals surface area contributed by atoms with Crippen molar-refractivity contribution in [3.8, 4) is 5.75 Å². The minimum atomic E-state index is -0.137. The summed E-state index contributed by atoms with van der Waals surface area (Å²) in [6, 6.07) is 7.33. The number of nitrogens with zero attached hydrogens (tertiary/aromatic N) is 4. The van der Waals surface area contributed by atoms with Crippen LogP contribution < -0.4 is 15.6 Å². The van der Waals surface area contributed by atoms with Crippen molar-refractivity contribution >= 4 is 22.4 Å². The molecule has 144 valence electrons. The summed E-state index contributed by atoms with van der Waals surface area (Å²) in [6.07, 6.45) is 0. The molecule has 0 bridgehead atoms. The van der Waals surface area contributed by atoms with Gasteiger partial charge in [0.2, 0.25) is 0 Å². The van der Waals surface area contributed by atoms with E-state index >= 15 is 0 Å². The predicted molar refractivity (Wildman–Crippen MR) is 107 cm³/mol. The highest BCUT2D eigenvalue weighted by Crippen LogP contribution is 2.26. The van der Waals surface area contributed by atoms with Crippen LogP contribution in [-0.4, -0.2) is 52.1 Å². The monoisotopic (exact) mass is 370 g/mol.